The first-order valence-electron chi connectivity index (χ1n) is 4.65. The minimum Gasteiger partial charge on any atom is -0.378 e. The van der Waals surface area contributed by atoms with Crippen molar-refractivity contribution >= 4 is 23.2 Å². The Labute approximate surface area is 98.8 Å². The third-order valence-corrected chi connectivity index (χ3v) is 2.20. The number of rotatable bonds is 2. The van der Waals surface area contributed by atoms with Crippen LogP contribution in [-0.2, 0) is 4.79 Å². The molecule has 0 aliphatic rings. The number of nitrogens with one attached hydrogen (secondary N) is 3. The molecule has 5 nitrogen and oxygen atoms in total. The second-order valence-electron chi connectivity index (χ2n) is 3.01. The quantitative estimate of drug-likeness (QED) is 0.426. The predicted molar refractivity (Wildman–Crippen MR) is 64.3 cm³/mol. The number of hydrazine groups is 1. The molecule has 16 heavy (non-hydrogen) atoms. The molecule has 6 heteroatoms. The summed E-state index contributed by atoms with van der Waals surface area (Å²) in [5.41, 5.74) is 5.26. The van der Waals surface area contributed by atoms with Gasteiger partial charge in [0.2, 0.25) is 0 Å². The van der Waals surface area contributed by atoms with Gasteiger partial charge in [-0.05, 0) is 17.8 Å². The standard InChI is InChI=1S/C10H13N3O2S/c1-11-10(16)13-12-9(15)8(14)7-5-3-2-4-6-7/h2-6,8,14H,1H3,(H,12,15)(H2,11,13,16). The zero-order chi connectivity index (χ0) is 12.0. The van der Waals surface area contributed by atoms with E-state index in [1.54, 1.807) is 31.3 Å². The molecule has 1 amide bonds. The Kier molecular flexibility index (Phi) is 4.68. The van der Waals surface area contributed by atoms with Gasteiger partial charge in [-0.25, -0.2) is 0 Å². The maximum Gasteiger partial charge on any atom is 0.271 e. The van der Waals surface area contributed by atoms with Gasteiger partial charge in [-0.1, -0.05) is 30.3 Å². The van der Waals surface area contributed by atoms with Gasteiger partial charge in [-0.2, -0.15) is 0 Å². The van der Waals surface area contributed by atoms with E-state index >= 15 is 0 Å². The van der Waals surface area contributed by atoms with Crippen LogP contribution < -0.4 is 16.2 Å². The molecule has 0 bridgehead atoms. The van der Waals surface area contributed by atoms with Gasteiger partial charge in [0, 0.05) is 7.05 Å². The summed E-state index contributed by atoms with van der Waals surface area (Å²) in [4.78, 5) is 11.5. The highest BCUT2D eigenvalue weighted by Crippen LogP contribution is 2.11. The first-order chi connectivity index (χ1) is 7.65. The Hall–Kier alpha value is -1.66. The summed E-state index contributed by atoms with van der Waals surface area (Å²) in [7, 11) is 1.62. The van der Waals surface area contributed by atoms with Crippen LogP contribution in [-0.4, -0.2) is 23.2 Å². The van der Waals surface area contributed by atoms with Crippen molar-refractivity contribution in [2.75, 3.05) is 7.05 Å². The van der Waals surface area contributed by atoms with Gasteiger partial charge >= 0.3 is 0 Å². The van der Waals surface area contributed by atoms with E-state index in [2.05, 4.69) is 16.2 Å². The summed E-state index contributed by atoms with van der Waals surface area (Å²) >= 11 is 4.76. The molecular weight excluding hydrogens is 226 g/mol. The van der Waals surface area contributed by atoms with Crippen molar-refractivity contribution in [3.05, 3.63) is 35.9 Å². The molecule has 0 aliphatic heterocycles. The molecule has 0 heterocycles. The fraction of sp³-hybridized carbons (Fsp3) is 0.200. The maximum absolute atomic E-state index is 11.5. The van der Waals surface area contributed by atoms with Gasteiger partial charge in [0.05, 0.1) is 0 Å². The molecule has 0 aromatic heterocycles. The van der Waals surface area contributed by atoms with E-state index < -0.39 is 12.0 Å². The number of hydrogen-bond acceptors (Lipinski definition) is 3. The van der Waals surface area contributed by atoms with Gasteiger partial charge in [0.1, 0.15) is 0 Å². The molecule has 1 atom stereocenters. The number of hydrogen-bond donors (Lipinski definition) is 4. The van der Waals surface area contributed by atoms with Crippen molar-refractivity contribution in [3.8, 4) is 0 Å². The Morgan fingerprint density at radius 1 is 1.31 bits per heavy atom. The first kappa shape index (κ1) is 12.4. The molecule has 0 fully saturated rings. The number of thiocarbonyl (C=S) groups is 1. The fourth-order valence-electron chi connectivity index (χ4n) is 1.04. The summed E-state index contributed by atoms with van der Waals surface area (Å²) in [6.45, 7) is 0. The topological polar surface area (TPSA) is 73.4 Å². The molecule has 0 radical (unpaired) electrons. The summed E-state index contributed by atoms with van der Waals surface area (Å²) in [5, 5.41) is 12.6. The SMILES string of the molecule is CNC(=S)NNC(=O)C(O)c1ccccc1. The molecule has 0 aliphatic carbocycles. The lowest BCUT2D eigenvalue weighted by atomic mass is 10.1. The van der Waals surface area contributed by atoms with Crippen LogP contribution in [0.5, 0.6) is 0 Å². The van der Waals surface area contributed by atoms with Crippen LogP contribution in [0.4, 0.5) is 0 Å². The Morgan fingerprint density at radius 3 is 2.50 bits per heavy atom. The molecule has 1 rings (SSSR count). The van der Waals surface area contributed by atoms with Gasteiger partial charge in [0.25, 0.3) is 5.91 Å². The lowest BCUT2D eigenvalue weighted by Crippen LogP contribution is -2.47. The zero-order valence-corrected chi connectivity index (χ0v) is 9.54. The van der Waals surface area contributed by atoms with Crippen LogP contribution in [0.25, 0.3) is 0 Å². The minimum atomic E-state index is -1.21. The summed E-state index contributed by atoms with van der Waals surface area (Å²) in [6, 6.07) is 8.64. The highest BCUT2D eigenvalue weighted by molar-refractivity contribution is 7.80. The van der Waals surface area contributed by atoms with E-state index in [1.807, 2.05) is 6.07 Å². The summed E-state index contributed by atoms with van der Waals surface area (Å²) < 4.78 is 0. The van der Waals surface area contributed by atoms with Crippen molar-refractivity contribution < 1.29 is 9.90 Å². The highest BCUT2D eigenvalue weighted by Gasteiger charge is 2.16. The Balaban J connectivity index is 2.52. The molecule has 0 saturated heterocycles. The third kappa shape index (κ3) is 3.48. The van der Waals surface area contributed by atoms with Gasteiger partial charge in [0.15, 0.2) is 11.2 Å². The smallest absolute Gasteiger partial charge is 0.271 e. The van der Waals surface area contributed by atoms with Crippen LogP contribution in [0.2, 0.25) is 0 Å². The van der Waals surface area contributed by atoms with E-state index in [4.69, 9.17) is 12.2 Å². The van der Waals surface area contributed by atoms with E-state index in [9.17, 15) is 9.90 Å². The third-order valence-electron chi connectivity index (χ3n) is 1.89. The predicted octanol–water partition coefficient (Wildman–Crippen LogP) is -0.155. The Bertz CT molecular complexity index is 370. The average molecular weight is 239 g/mol. The normalized spacial score (nSPS) is 11.4. The second-order valence-corrected chi connectivity index (χ2v) is 3.41. The average Bonchev–Trinajstić information content (AvgIpc) is 2.35. The van der Waals surface area contributed by atoms with E-state index in [-0.39, 0.29) is 5.11 Å². The largest absolute Gasteiger partial charge is 0.378 e. The molecule has 86 valence electrons. The summed E-state index contributed by atoms with van der Waals surface area (Å²) in [6.07, 6.45) is -1.21. The first-order valence-corrected chi connectivity index (χ1v) is 5.06. The molecule has 4 N–H and O–H groups in total. The molecule has 1 aromatic rings. The molecule has 1 aromatic carbocycles. The van der Waals surface area contributed by atoms with Gasteiger partial charge < -0.3 is 10.4 Å². The zero-order valence-electron chi connectivity index (χ0n) is 8.73. The van der Waals surface area contributed by atoms with Crippen LogP contribution in [0.3, 0.4) is 0 Å². The molecule has 0 saturated carbocycles. The minimum absolute atomic E-state index is 0.272. The number of carbonyl (C=O) groups excluding carboxylic acids is 1. The maximum atomic E-state index is 11.5. The van der Waals surface area contributed by atoms with Crippen LogP contribution in [0, 0.1) is 0 Å². The number of amides is 1. The van der Waals surface area contributed by atoms with Crippen LogP contribution in [0.1, 0.15) is 11.7 Å². The van der Waals surface area contributed by atoms with Crippen molar-refractivity contribution in [1.29, 1.82) is 0 Å². The van der Waals surface area contributed by atoms with Crippen molar-refractivity contribution in [1.82, 2.24) is 16.2 Å². The lowest BCUT2D eigenvalue weighted by Gasteiger charge is -2.13. The molecule has 0 spiro atoms. The highest BCUT2D eigenvalue weighted by atomic mass is 32.1. The number of benzene rings is 1. The molecular formula is C10H13N3O2S. The van der Waals surface area contributed by atoms with Crippen molar-refractivity contribution in [2.45, 2.75) is 6.10 Å². The Morgan fingerprint density at radius 2 is 1.94 bits per heavy atom. The van der Waals surface area contributed by atoms with Crippen molar-refractivity contribution in [2.24, 2.45) is 0 Å². The fourth-order valence-corrected chi connectivity index (χ4v) is 1.09. The van der Waals surface area contributed by atoms with E-state index in [0.29, 0.717) is 5.56 Å². The van der Waals surface area contributed by atoms with Gasteiger partial charge in [-0.3, -0.25) is 15.6 Å². The second kappa shape index (κ2) is 6.04. The van der Waals surface area contributed by atoms with Crippen LogP contribution in [0.15, 0.2) is 30.3 Å². The number of aliphatic hydroxyl groups excluding tert-OH is 1. The molecule has 1 unspecified atom stereocenters. The summed E-state index contributed by atoms with van der Waals surface area (Å²) in [5.74, 6) is -0.566. The van der Waals surface area contributed by atoms with Crippen LogP contribution >= 0.6 is 12.2 Å². The monoisotopic (exact) mass is 239 g/mol. The number of carbonyl (C=O) groups is 1. The van der Waals surface area contributed by atoms with Crippen molar-refractivity contribution in [3.63, 3.8) is 0 Å². The number of aliphatic hydroxyl groups is 1. The lowest BCUT2D eigenvalue weighted by molar-refractivity contribution is -0.130. The van der Waals surface area contributed by atoms with Gasteiger partial charge in [-0.15, -0.1) is 0 Å². The van der Waals surface area contributed by atoms with E-state index in [0.717, 1.165) is 0 Å². The van der Waals surface area contributed by atoms with E-state index in [1.165, 1.54) is 0 Å².